The highest BCUT2D eigenvalue weighted by Crippen LogP contribution is 2.22. The number of hydrogen-bond acceptors (Lipinski definition) is 5. The lowest BCUT2D eigenvalue weighted by atomic mass is 10.1. The van der Waals surface area contributed by atoms with Crippen molar-refractivity contribution >= 4 is 11.5 Å². The molecule has 0 saturated heterocycles. The van der Waals surface area contributed by atoms with Crippen molar-refractivity contribution in [3.8, 4) is 5.69 Å². The number of rotatable bonds is 4. The van der Waals surface area contributed by atoms with Crippen LogP contribution in [0.5, 0.6) is 0 Å². The number of nitro groups is 1. The molecule has 104 valence electrons. The number of hydrogen-bond donors (Lipinski definition) is 2. The third-order valence-electron chi connectivity index (χ3n) is 2.87. The molecule has 0 aliphatic rings. The van der Waals surface area contributed by atoms with Crippen LogP contribution in [0.15, 0.2) is 35.7 Å². The molecule has 1 aromatic heterocycles. The first-order chi connectivity index (χ1) is 9.58. The molecule has 1 heterocycles. The van der Waals surface area contributed by atoms with E-state index in [0.29, 0.717) is 12.1 Å². The number of nitrogens with two attached hydrogens (primary N) is 1. The van der Waals surface area contributed by atoms with Gasteiger partial charge >= 0.3 is 0 Å². The van der Waals surface area contributed by atoms with Gasteiger partial charge in [-0.3, -0.25) is 10.1 Å². The molecule has 8 heteroatoms. The molecule has 0 fully saturated rings. The number of oxime groups is 1. The van der Waals surface area contributed by atoms with Crippen LogP contribution in [0.25, 0.3) is 5.69 Å². The van der Waals surface area contributed by atoms with E-state index in [1.165, 1.54) is 12.1 Å². The lowest BCUT2D eigenvalue weighted by Gasteiger charge is -2.11. The van der Waals surface area contributed by atoms with Crippen LogP contribution >= 0.6 is 0 Å². The van der Waals surface area contributed by atoms with Crippen molar-refractivity contribution in [3.63, 3.8) is 0 Å². The van der Waals surface area contributed by atoms with Gasteiger partial charge in [-0.05, 0) is 6.07 Å². The fraction of sp³-hybridized carbons (Fsp3) is 0.167. The number of imidazole rings is 1. The summed E-state index contributed by atoms with van der Waals surface area (Å²) in [5.41, 5.74) is 6.32. The van der Waals surface area contributed by atoms with Gasteiger partial charge in [0.25, 0.3) is 5.69 Å². The maximum absolute atomic E-state index is 10.8. The van der Waals surface area contributed by atoms with Crippen LogP contribution in [0.1, 0.15) is 18.3 Å². The fourth-order valence-corrected chi connectivity index (χ4v) is 1.92. The first-order valence-electron chi connectivity index (χ1n) is 5.87. The van der Waals surface area contributed by atoms with Crippen LogP contribution in [0, 0.1) is 10.1 Å². The molecule has 2 rings (SSSR count). The van der Waals surface area contributed by atoms with E-state index in [1.807, 2.05) is 6.92 Å². The van der Waals surface area contributed by atoms with Crippen molar-refractivity contribution in [2.75, 3.05) is 0 Å². The van der Waals surface area contributed by atoms with Gasteiger partial charge in [0, 0.05) is 30.9 Å². The van der Waals surface area contributed by atoms with E-state index < -0.39 is 4.92 Å². The molecule has 20 heavy (non-hydrogen) atoms. The lowest BCUT2D eigenvalue weighted by Crippen LogP contribution is -2.17. The summed E-state index contributed by atoms with van der Waals surface area (Å²) < 4.78 is 1.75. The first-order valence-corrected chi connectivity index (χ1v) is 5.87. The zero-order valence-corrected chi connectivity index (χ0v) is 10.7. The first kappa shape index (κ1) is 13.5. The minimum atomic E-state index is -0.535. The SMILES string of the molecule is CCc1nccn1-c1ccc([N+](=O)[O-])cc1C(N)=NO. The Morgan fingerprint density at radius 1 is 1.60 bits per heavy atom. The monoisotopic (exact) mass is 275 g/mol. The zero-order chi connectivity index (χ0) is 14.7. The Bertz CT molecular complexity index is 677. The molecule has 0 unspecified atom stereocenters. The Hall–Kier alpha value is -2.90. The highest BCUT2D eigenvalue weighted by atomic mass is 16.6. The van der Waals surface area contributed by atoms with Gasteiger partial charge in [-0.1, -0.05) is 12.1 Å². The summed E-state index contributed by atoms with van der Waals surface area (Å²) in [4.78, 5) is 14.5. The minimum absolute atomic E-state index is 0.131. The average Bonchev–Trinajstić information content (AvgIpc) is 2.93. The average molecular weight is 275 g/mol. The summed E-state index contributed by atoms with van der Waals surface area (Å²) in [6.07, 6.45) is 4.02. The number of benzene rings is 1. The van der Waals surface area contributed by atoms with Crippen molar-refractivity contribution in [2.45, 2.75) is 13.3 Å². The third kappa shape index (κ3) is 2.30. The van der Waals surface area contributed by atoms with Crippen LogP contribution in [0.2, 0.25) is 0 Å². The molecule has 0 amide bonds. The number of non-ortho nitro benzene ring substituents is 1. The molecule has 0 atom stereocenters. The third-order valence-corrected chi connectivity index (χ3v) is 2.87. The van der Waals surface area contributed by atoms with Crippen LogP contribution in [-0.2, 0) is 6.42 Å². The van der Waals surface area contributed by atoms with E-state index in [2.05, 4.69) is 10.1 Å². The molecule has 0 saturated carbocycles. The van der Waals surface area contributed by atoms with Gasteiger partial charge in [-0.15, -0.1) is 0 Å². The van der Waals surface area contributed by atoms with Crippen LogP contribution in [0.4, 0.5) is 5.69 Å². The molecule has 0 aliphatic carbocycles. The topological polar surface area (TPSA) is 120 Å². The summed E-state index contributed by atoms with van der Waals surface area (Å²) >= 11 is 0. The summed E-state index contributed by atoms with van der Waals surface area (Å²) in [7, 11) is 0. The summed E-state index contributed by atoms with van der Waals surface area (Å²) in [5.74, 6) is 0.574. The molecule has 2 aromatic rings. The van der Waals surface area contributed by atoms with E-state index in [-0.39, 0.29) is 17.1 Å². The highest BCUT2D eigenvalue weighted by molar-refractivity contribution is 6.01. The molecule has 3 N–H and O–H groups in total. The number of nitro benzene ring substituents is 1. The Labute approximate surface area is 114 Å². The Balaban J connectivity index is 2.67. The van der Waals surface area contributed by atoms with Crippen LogP contribution in [-0.4, -0.2) is 25.5 Å². The second kappa shape index (κ2) is 5.39. The number of aryl methyl sites for hydroxylation is 1. The van der Waals surface area contributed by atoms with E-state index >= 15 is 0 Å². The largest absolute Gasteiger partial charge is 0.409 e. The van der Waals surface area contributed by atoms with Crippen LogP contribution in [0.3, 0.4) is 0 Å². The van der Waals surface area contributed by atoms with E-state index in [0.717, 1.165) is 5.82 Å². The Kier molecular flexibility index (Phi) is 3.65. The normalized spacial score (nSPS) is 11.6. The van der Waals surface area contributed by atoms with Gasteiger partial charge < -0.3 is 15.5 Å². The van der Waals surface area contributed by atoms with Crippen molar-refractivity contribution in [3.05, 3.63) is 52.1 Å². The maximum atomic E-state index is 10.8. The lowest BCUT2D eigenvalue weighted by molar-refractivity contribution is -0.384. The quantitative estimate of drug-likeness (QED) is 0.287. The Morgan fingerprint density at radius 2 is 2.35 bits per heavy atom. The highest BCUT2D eigenvalue weighted by Gasteiger charge is 2.16. The maximum Gasteiger partial charge on any atom is 0.270 e. The Morgan fingerprint density at radius 3 is 2.95 bits per heavy atom. The molecule has 0 radical (unpaired) electrons. The van der Waals surface area contributed by atoms with Gasteiger partial charge in [-0.25, -0.2) is 4.98 Å². The molecule has 0 spiro atoms. The minimum Gasteiger partial charge on any atom is -0.409 e. The molecule has 0 aliphatic heterocycles. The second-order valence-corrected chi connectivity index (χ2v) is 4.01. The zero-order valence-electron chi connectivity index (χ0n) is 10.7. The number of aromatic nitrogens is 2. The number of amidine groups is 1. The predicted octanol–water partition coefficient (Wildman–Crippen LogP) is 1.44. The fourth-order valence-electron chi connectivity index (χ4n) is 1.92. The molecule has 1 aromatic carbocycles. The summed E-state index contributed by atoms with van der Waals surface area (Å²) in [6.45, 7) is 1.94. The molecular weight excluding hydrogens is 262 g/mol. The van der Waals surface area contributed by atoms with Crippen molar-refractivity contribution in [1.29, 1.82) is 0 Å². The standard InChI is InChI=1S/C12H13N5O3/c1-2-11-14-5-6-16(11)10-4-3-8(17(19)20)7-9(10)12(13)15-18/h3-7,18H,2H2,1H3,(H2,13,15). The molecule has 0 bridgehead atoms. The van der Waals surface area contributed by atoms with Gasteiger partial charge in [-0.2, -0.15) is 0 Å². The van der Waals surface area contributed by atoms with Crippen molar-refractivity contribution < 1.29 is 10.1 Å². The number of nitrogens with zero attached hydrogens (tertiary/aromatic N) is 4. The van der Waals surface area contributed by atoms with Gasteiger partial charge in [0.2, 0.25) is 0 Å². The van der Waals surface area contributed by atoms with Crippen molar-refractivity contribution in [2.24, 2.45) is 10.9 Å². The molecular formula is C12H13N5O3. The van der Waals surface area contributed by atoms with Gasteiger partial charge in [0.15, 0.2) is 5.84 Å². The van der Waals surface area contributed by atoms with Gasteiger partial charge in [0.1, 0.15) is 5.82 Å². The van der Waals surface area contributed by atoms with Crippen LogP contribution < -0.4 is 5.73 Å². The van der Waals surface area contributed by atoms with Gasteiger partial charge in [0.05, 0.1) is 16.2 Å². The summed E-state index contributed by atoms with van der Waals surface area (Å²) in [5, 5.41) is 22.6. The van der Waals surface area contributed by atoms with Crippen molar-refractivity contribution in [1.82, 2.24) is 9.55 Å². The van der Waals surface area contributed by atoms with E-state index in [1.54, 1.807) is 23.0 Å². The smallest absolute Gasteiger partial charge is 0.270 e. The van der Waals surface area contributed by atoms with E-state index in [9.17, 15) is 10.1 Å². The second-order valence-electron chi connectivity index (χ2n) is 4.01. The predicted molar refractivity (Wildman–Crippen MR) is 72.1 cm³/mol. The van der Waals surface area contributed by atoms with E-state index in [4.69, 9.17) is 10.9 Å². The molecule has 8 nitrogen and oxygen atoms in total. The summed E-state index contributed by atoms with van der Waals surface area (Å²) in [6, 6.07) is 4.18.